The molecular weight excluding hydrogens is 336 g/mol. The summed E-state index contributed by atoms with van der Waals surface area (Å²) in [6.07, 6.45) is 1.68. The van der Waals surface area contributed by atoms with Crippen LogP contribution < -0.4 is 0 Å². The summed E-state index contributed by atoms with van der Waals surface area (Å²) < 4.78 is 4.70. The quantitative estimate of drug-likeness (QED) is 0.657. The lowest BCUT2D eigenvalue weighted by Gasteiger charge is -2.55. The van der Waals surface area contributed by atoms with Crippen molar-refractivity contribution >= 4 is 11.8 Å². The van der Waals surface area contributed by atoms with Gasteiger partial charge in [-0.25, -0.2) is 4.79 Å². The molecule has 7 atom stereocenters. The number of aliphatic hydroxyl groups is 3. The van der Waals surface area contributed by atoms with E-state index in [-0.39, 0.29) is 35.0 Å². The maximum atomic E-state index is 12.9. The Labute approximate surface area is 154 Å². The van der Waals surface area contributed by atoms with Gasteiger partial charge in [-0.3, -0.25) is 4.79 Å². The van der Waals surface area contributed by atoms with Crippen molar-refractivity contribution in [1.29, 1.82) is 0 Å². The van der Waals surface area contributed by atoms with Crippen molar-refractivity contribution < 1.29 is 29.6 Å². The zero-order valence-electron chi connectivity index (χ0n) is 15.8. The summed E-state index contributed by atoms with van der Waals surface area (Å²) >= 11 is 0. The van der Waals surface area contributed by atoms with E-state index in [4.69, 9.17) is 4.74 Å². The van der Waals surface area contributed by atoms with E-state index in [2.05, 4.69) is 13.8 Å². The van der Waals surface area contributed by atoms with Crippen LogP contribution in [-0.4, -0.2) is 45.6 Å². The number of aliphatic hydroxyl groups excluding tert-OH is 3. The molecule has 2 saturated carbocycles. The van der Waals surface area contributed by atoms with Gasteiger partial charge in [0.05, 0.1) is 12.2 Å². The molecule has 26 heavy (non-hydrogen) atoms. The highest BCUT2D eigenvalue weighted by atomic mass is 16.6. The number of hydrogen-bond acceptors (Lipinski definition) is 6. The summed E-state index contributed by atoms with van der Waals surface area (Å²) in [5, 5.41) is 30.7. The Balaban J connectivity index is 1.91. The highest BCUT2D eigenvalue weighted by molar-refractivity contribution is 5.86. The Morgan fingerprint density at radius 1 is 1.23 bits per heavy atom. The van der Waals surface area contributed by atoms with Crippen molar-refractivity contribution in [2.45, 2.75) is 77.8 Å². The molecule has 0 unspecified atom stereocenters. The van der Waals surface area contributed by atoms with Gasteiger partial charge in [-0.05, 0) is 49.4 Å². The molecule has 1 aliphatic heterocycles. The Morgan fingerprint density at radius 3 is 2.54 bits per heavy atom. The molecule has 6 nitrogen and oxygen atoms in total. The Bertz CT molecular complexity index is 628. The van der Waals surface area contributed by atoms with E-state index in [1.165, 1.54) is 0 Å². The average molecular weight is 366 g/mol. The molecule has 0 saturated heterocycles. The van der Waals surface area contributed by atoms with E-state index in [0.29, 0.717) is 12.8 Å². The number of rotatable bonds is 3. The maximum absolute atomic E-state index is 12.9. The predicted molar refractivity (Wildman–Crippen MR) is 93.8 cm³/mol. The third-order valence-electron chi connectivity index (χ3n) is 7.45. The average Bonchev–Trinajstić information content (AvgIpc) is 2.83. The first-order valence-corrected chi connectivity index (χ1v) is 9.57. The van der Waals surface area contributed by atoms with Gasteiger partial charge < -0.3 is 20.1 Å². The lowest BCUT2D eigenvalue weighted by molar-refractivity contribution is -0.153. The van der Waals surface area contributed by atoms with Crippen molar-refractivity contribution in [1.82, 2.24) is 0 Å². The van der Waals surface area contributed by atoms with E-state index >= 15 is 0 Å². The molecule has 1 heterocycles. The number of hydrogen-bond donors (Lipinski definition) is 3. The number of ether oxygens (including phenoxy) is 1. The van der Waals surface area contributed by atoms with Gasteiger partial charge in [0, 0.05) is 23.5 Å². The van der Waals surface area contributed by atoms with Crippen LogP contribution in [0, 0.1) is 22.7 Å². The van der Waals surface area contributed by atoms with Gasteiger partial charge in [0.2, 0.25) is 6.29 Å². The van der Waals surface area contributed by atoms with Gasteiger partial charge in [-0.15, -0.1) is 0 Å². The molecule has 0 aromatic carbocycles. The first kappa shape index (κ1) is 19.5. The van der Waals surface area contributed by atoms with Crippen molar-refractivity contribution in [2.75, 3.05) is 0 Å². The second-order valence-electron chi connectivity index (χ2n) is 8.93. The highest BCUT2D eigenvalue weighted by Gasteiger charge is 2.56. The zero-order chi connectivity index (χ0) is 19.3. The first-order valence-electron chi connectivity index (χ1n) is 9.57. The van der Waals surface area contributed by atoms with Crippen LogP contribution in [0.2, 0.25) is 0 Å². The first-order chi connectivity index (χ1) is 12.1. The monoisotopic (exact) mass is 366 g/mol. The van der Waals surface area contributed by atoms with E-state index in [1.54, 1.807) is 0 Å². The van der Waals surface area contributed by atoms with Crippen LogP contribution in [0.25, 0.3) is 0 Å². The van der Waals surface area contributed by atoms with Gasteiger partial charge in [-0.2, -0.15) is 0 Å². The second-order valence-corrected chi connectivity index (χ2v) is 8.93. The molecule has 146 valence electrons. The van der Waals surface area contributed by atoms with Crippen LogP contribution in [0.3, 0.4) is 0 Å². The Morgan fingerprint density at radius 2 is 1.92 bits per heavy atom. The Hall–Kier alpha value is -1.24. The number of esters is 1. The van der Waals surface area contributed by atoms with Gasteiger partial charge in [0.15, 0.2) is 0 Å². The molecule has 6 heteroatoms. The molecule has 0 aromatic rings. The number of fused-ring (bicyclic) bond motifs is 1. The zero-order valence-corrected chi connectivity index (χ0v) is 15.8. The molecule has 0 spiro atoms. The van der Waals surface area contributed by atoms with Crippen molar-refractivity contribution in [3.05, 3.63) is 11.6 Å². The minimum Gasteiger partial charge on any atom is -0.429 e. The van der Waals surface area contributed by atoms with E-state index in [1.807, 2.05) is 6.92 Å². The molecule has 2 aliphatic carbocycles. The third kappa shape index (κ3) is 3.12. The number of carbonyl (C=O) groups excluding carboxylic acids is 2. The van der Waals surface area contributed by atoms with Crippen LogP contribution in [0.15, 0.2) is 11.6 Å². The number of ketones is 1. The van der Waals surface area contributed by atoms with E-state index in [0.717, 1.165) is 25.3 Å². The molecule has 0 radical (unpaired) electrons. The third-order valence-corrected chi connectivity index (χ3v) is 7.45. The summed E-state index contributed by atoms with van der Waals surface area (Å²) in [6.45, 7) is 6.24. The van der Waals surface area contributed by atoms with Gasteiger partial charge in [0.25, 0.3) is 0 Å². The minimum absolute atomic E-state index is 0.0359. The molecule has 3 N–H and O–H groups in total. The lowest BCUT2D eigenvalue weighted by Crippen LogP contribution is -2.52. The van der Waals surface area contributed by atoms with Crippen LogP contribution >= 0.6 is 0 Å². The summed E-state index contributed by atoms with van der Waals surface area (Å²) in [6, 6.07) is 0. The topological polar surface area (TPSA) is 104 Å². The van der Waals surface area contributed by atoms with Gasteiger partial charge in [-0.1, -0.05) is 20.8 Å². The second kappa shape index (κ2) is 6.73. The fourth-order valence-electron chi connectivity index (χ4n) is 5.54. The van der Waals surface area contributed by atoms with E-state index in [9.17, 15) is 24.9 Å². The molecule has 3 rings (SSSR count). The highest BCUT2D eigenvalue weighted by Crippen LogP contribution is 2.59. The fourth-order valence-corrected chi connectivity index (χ4v) is 5.54. The maximum Gasteiger partial charge on any atom is 0.333 e. The van der Waals surface area contributed by atoms with Gasteiger partial charge in [0.1, 0.15) is 5.78 Å². The standard InChI is InChI=1S/C20H30O6/c1-11-6-7-19(2)15(5-4-12(21)8-16(19)23)20(11,3)10-14(22)13-9-17(24)26-18(13)25/h9,11-12,14-15,18,21-22,25H,4-8,10H2,1-3H3/t11-,12+,14+,15+,18+,19-,20+/m1/s1. The van der Waals surface area contributed by atoms with Crippen molar-refractivity contribution in [3.63, 3.8) is 0 Å². The normalized spacial score (nSPS) is 44.8. The van der Waals surface area contributed by atoms with Crippen molar-refractivity contribution in [3.8, 4) is 0 Å². The molecule has 0 bridgehead atoms. The summed E-state index contributed by atoms with van der Waals surface area (Å²) in [7, 11) is 0. The number of Topliss-reactive ketones (excluding diaryl/α,β-unsaturated/α-hetero) is 1. The van der Waals surface area contributed by atoms with Crippen LogP contribution in [0.1, 0.15) is 59.3 Å². The van der Waals surface area contributed by atoms with Gasteiger partial charge >= 0.3 is 5.97 Å². The van der Waals surface area contributed by atoms with Crippen LogP contribution in [-0.2, 0) is 14.3 Å². The fraction of sp³-hybridized carbons (Fsp3) is 0.800. The predicted octanol–water partition coefficient (Wildman–Crippen LogP) is 1.71. The van der Waals surface area contributed by atoms with Crippen molar-refractivity contribution in [2.24, 2.45) is 22.7 Å². The summed E-state index contributed by atoms with van der Waals surface area (Å²) in [5.74, 6) is -0.229. The molecular formula is C20H30O6. The lowest BCUT2D eigenvalue weighted by atomic mass is 9.49. The van der Waals surface area contributed by atoms with E-state index < -0.39 is 29.9 Å². The minimum atomic E-state index is -1.40. The molecule has 0 aromatic heterocycles. The van der Waals surface area contributed by atoms with Crippen LogP contribution in [0.4, 0.5) is 0 Å². The molecule has 2 fully saturated rings. The van der Waals surface area contributed by atoms with Crippen LogP contribution in [0.5, 0.6) is 0 Å². The molecule has 3 aliphatic rings. The SMILES string of the molecule is C[C@@H]1CC[C@@]2(C)C(=O)C[C@@H](O)CC[C@@H]2[C@@]1(C)C[C@H](O)C1=CC(=O)O[C@@H]1O. The number of carbonyl (C=O) groups is 2. The Kier molecular flexibility index (Phi) is 5.05. The molecule has 0 amide bonds. The smallest absolute Gasteiger partial charge is 0.333 e. The largest absolute Gasteiger partial charge is 0.429 e. The number of cyclic esters (lactones) is 1. The summed E-state index contributed by atoms with van der Waals surface area (Å²) in [4.78, 5) is 24.2. The summed E-state index contributed by atoms with van der Waals surface area (Å²) in [5.41, 5.74) is -0.665.